The number of rotatable bonds is 2. The number of phenols is 1. The third kappa shape index (κ3) is 2.13. The molecule has 1 aromatic rings. The maximum atomic E-state index is 13.1. The summed E-state index contributed by atoms with van der Waals surface area (Å²) in [6.07, 6.45) is 0. The maximum absolute atomic E-state index is 13.1. The first-order chi connectivity index (χ1) is 6.79. The van der Waals surface area contributed by atoms with E-state index in [1.54, 1.807) is 0 Å². The van der Waals surface area contributed by atoms with Crippen LogP contribution in [0, 0.1) is 11.6 Å². The fourth-order valence-corrected chi connectivity index (χ4v) is 1.92. The van der Waals surface area contributed by atoms with Gasteiger partial charge < -0.3 is 9.84 Å². The van der Waals surface area contributed by atoms with E-state index in [1.807, 2.05) is 0 Å². The number of phenolic OH excluding ortho intramolecular Hbond substituents is 1. The molecule has 0 bridgehead atoms. The molecule has 0 aliphatic rings. The van der Waals surface area contributed by atoms with Crippen LogP contribution in [0.1, 0.15) is 0 Å². The first-order valence-corrected chi connectivity index (χ1v) is 5.79. The van der Waals surface area contributed by atoms with Crippen molar-refractivity contribution in [1.29, 1.82) is 0 Å². The Balaban J connectivity index is 3.68. The lowest BCUT2D eigenvalue weighted by Crippen LogP contribution is -2.00. The van der Waals surface area contributed by atoms with E-state index in [9.17, 15) is 17.2 Å². The van der Waals surface area contributed by atoms with Gasteiger partial charge in [0.2, 0.25) is 5.82 Å². The molecule has 0 unspecified atom stereocenters. The lowest BCUT2D eigenvalue weighted by atomic mass is 10.3. The van der Waals surface area contributed by atoms with Crippen molar-refractivity contribution in [3.8, 4) is 11.5 Å². The van der Waals surface area contributed by atoms with E-state index >= 15 is 0 Å². The Labute approximate surface area is 88.5 Å². The summed E-state index contributed by atoms with van der Waals surface area (Å²) < 4.78 is 52.1. The first-order valence-electron chi connectivity index (χ1n) is 3.48. The van der Waals surface area contributed by atoms with Gasteiger partial charge in [-0.1, -0.05) is 0 Å². The highest BCUT2D eigenvalue weighted by molar-refractivity contribution is 8.13. The van der Waals surface area contributed by atoms with Crippen LogP contribution in [-0.2, 0) is 9.05 Å². The third-order valence-electron chi connectivity index (χ3n) is 1.58. The molecule has 1 rings (SSSR count). The fourth-order valence-electron chi connectivity index (χ4n) is 0.941. The summed E-state index contributed by atoms with van der Waals surface area (Å²) in [5.74, 6) is -5.11. The van der Waals surface area contributed by atoms with Gasteiger partial charge in [-0.25, -0.2) is 12.8 Å². The van der Waals surface area contributed by atoms with Gasteiger partial charge >= 0.3 is 0 Å². The zero-order valence-corrected chi connectivity index (χ0v) is 8.86. The van der Waals surface area contributed by atoms with E-state index in [2.05, 4.69) is 4.74 Å². The lowest BCUT2D eigenvalue weighted by molar-refractivity contribution is 0.340. The molecule has 0 radical (unpaired) electrons. The van der Waals surface area contributed by atoms with Crippen molar-refractivity contribution in [1.82, 2.24) is 0 Å². The zero-order chi connectivity index (χ0) is 11.8. The Morgan fingerprint density at radius 2 is 2.00 bits per heavy atom. The molecular formula is C7H5ClF2O4S. The molecule has 4 nitrogen and oxygen atoms in total. The number of ether oxygens (including phenoxy) is 1. The molecule has 8 heteroatoms. The number of aromatic hydroxyl groups is 1. The predicted molar refractivity (Wildman–Crippen MR) is 47.6 cm³/mol. The van der Waals surface area contributed by atoms with Crippen molar-refractivity contribution in [2.75, 3.05) is 7.11 Å². The fraction of sp³-hybridized carbons (Fsp3) is 0.143. The molecular weight excluding hydrogens is 254 g/mol. The van der Waals surface area contributed by atoms with E-state index in [1.165, 1.54) is 0 Å². The number of benzene rings is 1. The van der Waals surface area contributed by atoms with E-state index < -0.39 is 37.1 Å². The summed E-state index contributed by atoms with van der Waals surface area (Å²) in [6, 6.07) is 0.375. The number of hydrogen-bond donors (Lipinski definition) is 1. The van der Waals surface area contributed by atoms with Gasteiger partial charge in [-0.05, 0) is 0 Å². The summed E-state index contributed by atoms with van der Waals surface area (Å²) in [4.78, 5) is -0.875. The molecule has 84 valence electrons. The average Bonchev–Trinajstić information content (AvgIpc) is 2.12. The van der Waals surface area contributed by atoms with Crippen molar-refractivity contribution >= 4 is 19.7 Å². The topological polar surface area (TPSA) is 63.6 Å². The van der Waals surface area contributed by atoms with Crippen LogP contribution in [0.3, 0.4) is 0 Å². The van der Waals surface area contributed by atoms with Crippen LogP contribution in [-0.4, -0.2) is 20.6 Å². The van der Waals surface area contributed by atoms with Crippen molar-refractivity contribution < 1.29 is 27.0 Å². The summed E-state index contributed by atoms with van der Waals surface area (Å²) in [6.45, 7) is 0. The molecule has 0 saturated heterocycles. The second-order valence-corrected chi connectivity index (χ2v) is 5.02. The standard InChI is InChI=1S/C7H5ClF2O4S/c1-14-7-4(15(8,12)13)2-3(9)6(11)5(7)10/h2,11H,1H3. The van der Waals surface area contributed by atoms with Crippen LogP contribution in [0.15, 0.2) is 11.0 Å². The first kappa shape index (κ1) is 12.0. The Morgan fingerprint density at radius 1 is 1.47 bits per heavy atom. The predicted octanol–water partition coefficient (Wildman–Crippen LogP) is 1.61. The van der Waals surface area contributed by atoms with E-state index in [0.717, 1.165) is 7.11 Å². The van der Waals surface area contributed by atoms with E-state index in [4.69, 9.17) is 15.8 Å². The van der Waals surface area contributed by atoms with Crippen LogP contribution in [0.4, 0.5) is 8.78 Å². The van der Waals surface area contributed by atoms with Gasteiger partial charge in [0.15, 0.2) is 17.3 Å². The van der Waals surface area contributed by atoms with Crippen LogP contribution in [0.25, 0.3) is 0 Å². The quantitative estimate of drug-likeness (QED) is 0.819. The average molecular weight is 259 g/mol. The molecule has 0 fully saturated rings. The van der Waals surface area contributed by atoms with E-state index in [-0.39, 0.29) is 0 Å². The molecule has 15 heavy (non-hydrogen) atoms. The number of methoxy groups -OCH3 is 1. The van der Waals surface area contributed by atoms with Gasteiger partial charge in [0.25, 0.3) is 9.05 Å². The van der Waals surface area contributed by atoms with Gasteiger partial charge in [0, 0.05) is 16.7 Å². The van der Waals surface area contributed by atoms with Gasteiger partial charge in [-0.3, -0.25) is 0 Å². The minimum Gasteiger partial charge on any atom is -0.503 e. The monoisotopic (exact) mass is 258 g/mol. The van der Waals surface area contributed by atoms with Crippen LogP contribution >= 0.6 is 10.7 Å². The zero-order valence-electron chi connectivity index (χ0n) is 7.29. The molecule has 0 aliphatic carbocycles. The molecule has 0 aromatic heterocycles. The van der Waals surface area contributed by atoms with Crippen LogP contribution in [0.5, 0.6) is 11.5 Å². The molecule has 1 N–H and O–H groups in total. The minimum atomic E-state index is -4.35. The van der Waals surface area contributed by atoms with Gasteiger partial charge in [-0.15, -0.1) is 0 Å². The summed E-state index contributed by atoms with van der Waals surface area (Å²) in [5, 5.41) is 8.84. The van der Waals surface area contributed by atoms with E-state index in [0.29, 0.717) is 6.07 Å². The lowest BCUT2D eigenvalue weighted by Gasteiger charge is -2.08. The number of hydrogen-bond acceptors (Lipinski definition) is 4. The van der Waals surface area contributed by atoms with Crippen LogP contribution in [0.2, 0.25) is 0 Å². The second-order valence-electron chi connectivity index (χ2n) is 2.49. The maximum Gasteiger partial charge on any atom is 0.265 e. The molecule has 0 heterocycles. The van der Waals surface area contributed by atoms with Crippen molar-refractivity contribution in [3.63, 3.8) is 0 Å². The van der Waals surface area contributed by atoms with Crippen molar-refractivity contribution in [2.24, 2.45) is 0 Å². The Morgan fingerprint density at radius 3 is 2.40 bits per heavy atom. The van der Waals surface area contributed by atoms with Crippen molar-refractivity contribution in [3.05, 3.63) is 17.7 Å². The Kier molecular flexibility index (Phi) is 3.05. The molecule has 0 saturated carbocycles. The molecule has 0 atom stereocenters. The summed E-state index contributed by atoms with van der Waals surface area (Å²) in [5.41, 5.74) is 0. The summed E-state index contributed by atoms with van der Waals surface area (Å²) >= 11 is 0. The minimum absolute atomic E-state index is 0.375. The number of halogens is 3. The second kappa shape index (κ2) is 3.82. The highest BCUT2D eigenvalue weighted by atomic mass is 35.7. The Hall–Kier alpha value is -1.08. The highest BCUT2D eigenvalue weighted by Crippen LogP contribution is 2.36. The molecule has 0 aliphatic heterocycles. The third-order valence-corrected chi connectivity index (χ3v) is 2.91. The smallest absolute Gasteiger partial charge is 0.265 e. The van der Waals surface area contributed by atoms with Crippen molar-refractivity contribution in [2.45, 2.75) is 4.90 Å². The van der Waals surface area contributed by atoms with Gasteiger partial charge in [-0.2, -0.15) is 4.39 Å². The molecule has 1 aromatic carbocycles. The largest absolute Gasteiger partial charge is 0.503 e. The Bertz CT molecular complexity index is 500. The van der Waals surface area contributed by atoms with Gasteiger partial charge in [0.1, 0.15) is 4.90 Å². The SMILES string of the molecule is COc1c(S(=O)(=O)Cl)cc(F)c(O)c1F. The normalized spacial score (nSPS) is 11.5. The van der Waals surface area contributed by atoms with Crippen LogP contribution < -0.4 is 4.74 Å². The van der Waals surface area contributed by atoms with Gasteiger partial charge in [0.05, 0.1) is 7.11 Å². The highest BCUT2D eigenvalue weighted by Gasteiger charge is 2.25. The molecule has 0 spiro atoms. The summed E-state index contributed by atoms with van der Waals surface area (Å²) in [7, 11) is 1.52. The molecule has 0 amide bonds.